The van der Waals surface area contributed by atoms with Crippen molar-refractivity contribution >= 4 is 27.3 Å². The average molecular weight is 277 g/mol. The minimum atomic E-state index is 0.204. The molecule has 1 aromatic rings. The lowest BCUT2D eigenvalue weighted by Gasteiger charge is -2.28. The Bertz CT molecular complexity index is 285. The summed E-state index contributed by atoms with van der Waals surface area (Å²) in [6.45, 7) is 2.13. The number of thiophene rings is 1. The maximum Gasteiger partial charge on any atom is 0.0588 e. The molecule has 1 heterocycles. The van der Waals surface area contributed by atoms with Gasteiger partial charge in [-0.15, -0.1) is 11.3 Å². The maximum atomic E-state index is 6.11. The van der Waals surface area contributed by atoms with E-state index in [9.17, 15) is 0 Å². The van der Waals surface area contributed by atoms with Gasteiger partial charge in [-0.2, -0.15) is 0 Å². The number of hydrogen-bond donors (Lipinski definition) is 1. The molecule has 80 valence electrons. The Labute approximate surface area is 98.2 Å². The highest BCUT2D eigenvalue weighted by Crippen LogP contribution is 2.30. The van der Waals surface area contributed by atoms with Crippen LogP contribution in [0.2, 0.25) is 0 Å². The Hall–Kier alpha value is 0.1000. The van der Waals surface area contributed by atoms with Crippen LogP contribution in [-0.2, 0) is 0 Å². The first-order chi connectivity index (χ1) is 6.56. The molecular formula is C10H17BrN2S. The third-order valence-electron chi connectivity index (χ3n) is 2.31. The van der Waals surface area contributed by atoms with Gasteiger partial charge in [0.05, 0.1) is 6.04 Å². The summed E-state index contributed by atoms with van der Waals surface area (Å²) in [5.74, 6) is 0. The summed E-state index contributed by atoms with van der Waals surface area (Å²) in [7, 11) is 4.15. The maximum absolute atomic E-state index is 6.11. The molecule has 0 aliphatic carbocycles. The standard InChI is InChI=1S/C10H17BrN2S/c1-4-8(12)10(13(2)3)9-5-7(11)6-14-9/h5-6,8,10H,4,12H2,1-3H3. The Morgan fingerprint density at radius 3 is 2.57 bits per heavy atom. The van der Waals surface area contributed by atoms with Crippen molar-refractivity contribution in [1.29, 1.82) is 0 Å². The van der Waals surface area contributed by atoms with E-state index in [1.807, 2.05) is 0 Å². The number of rotatable bonds is 4. The summed E-state index contributed by atoms with van der Waals surface area (Å²) in [4.78, 5) is 3.52. The zero-order valence-electron chi connectivity index (χ0n) is 8.83. The highest BCUT2D eigenvalue weighted by Gasteiger charge is 2.21. The van der Waals surface area contributed by atoms with E-state index in [-0.39, 0.29) is 6.04 Å². The van der Waals surface area contributed by atoms with Gasteiger partial charge in [-0.3, -0.25) is 0 Å². The van der Waals surface area contributed by atoms with Crippen LogP contribution in [0.3, 0.4) is 0 Å². The van der Waals surface area contributed by atoms with Crippen LogP contribution in [0.25, 0.3) is 0 Å². The van der Waals surface area contributed by atoms with E-state index in [2.05, 4.69) is 53.3 Å². The largest absolute Gasteiger partial charge is 0.326 e. The molecule has 0 amide bonds. The lowest BCUT2D eigenvalue weighted by atomic mass is 10.0. The van der Waals surface area contributed by atoms with Crippen molar-refractivity contribution in [3.8, 4) is 0 Å². The molecule has 0 spiro atoms. The van der Waals surface area contributed by atoms with E-state index in [4.69, 9.17) is 5.73 Å². The van der Waals surface area contributed by atoms with Gasteiger partial charge in [0.15, 0.2) is 0 Å². The number of halogens is 1. The quantitative estimate of drug-likeness (QED) is 0.917. The minimum absolute atomic E-state index is 0.204. The van der Waals surface area contributed by atoms with Crippen LogP contribution in [0.5, 0.6) is 0 Å². The lowest BCUT2D eigenvalue weighted by molar-refractivity contribution is 0.257. The van der Waals surface area contributed by atoms with Gasteiger partial charge in [0, 0.05) is 20.8 Å². The normalized spacial score (nSPS) is 15.9. The second kappa shape index (κ2) is 5.26. The van der Waals surface area contributed by atoms with E-state index >= 15 is 0 Å². The van der Waals surface area contributed by atoms with Gasteiger partial charge in [0.25, 0.3) is 0 Å². The average Bonchev–Trinajstić information content (AvgIpc) is 2.51. The van der Waals surface area contributed by atoms with Crippen molar-refractivity contribution in [3.63, 3.8) is 0 Å². The summed E-state index contributed by atoms with van der Waals surface area (Å²) in [6, 6.07) is 2.69. The topological polar surface area (TPSA) is 29.3 Å². The van der Waals surface area contributed by atoms with E-state index < -0.39 is 0 Å². The second-order valence-electron chi connectivity index (χ2n) is 3.65. The molecular weight excluding hydrogens is 260 g/mol. The predicted octanol–water partition coefficient (Wildman–Crippen LogP) is 2.85. The highest BCUT2D eigenvalue weighted by molar-refractivity contribution is 9.10. The third-order valence-corrected chi connectivity index (χ3v) is 4.08. The van der Waals surface area contributed by atoms with Gasteiger partial charge in [-0.05, 0) is 42.5 Å². The molecule has 2 unspecified atom stereocenters. The zero-order valence-corrected chi connectivity index (χ0v) is 11.2. The van der Waals surface area contributed by atoms with Crippen LogP contribution in [0, 0.1) is 0 Å². The van der Waals surface area contributed by atoms with E-state index in [1.54, 1.807) is 11.3 Å². The minimum Gasteiger partial charge on any atom is -0.326 e. The fourth-order valence-electron chi connectivity index (χ4n) is 1.56. The molecule has 1 aromatic heterocycles. The summed E-state index contributed by atoms with van der Waals surface area (Å²) in [5.41, 5.74) is 6.11. The molecule has 2 N–H and O–H groups in total. The molecule has 0 fully saturated rings. The van der Waals surface area contributed by atoms with E-state index in [1.165, 1.54) is 4.88 Å². The van der Waals surface area contributed by atoms with E-state index in [0.29, 0.717) is 6.04 Å². The van der Waals surface area contributed by atoms with Crippen molar-refractivity contribution in [2.75, 3.05) is 14.1 Å². The Kier molecular flexibility index (Phi) is 4.57. The van der Waals surface area contributed by atoms with Crippen molar-refractivity contribution in [2.24, 2.45) is 5.73 Å². The van der Waals surface area contributed by atoms with Crippen LogP contribution in [-0.4, -0.2) is 25.0 Å². The molecule has 1 rings (SSSR count). The first kappa shape index (κ1) is 12.2. The van der Waals surface area contributed by atoms with Gasteiger partial charge in [0.2, 0.25) is 0 Å². The van der Waals surface area contributed by atoms with Gasteiger partial charge < -0.3 is 10.6 Å². The first-order valence-corrected chi connectivity index (χ1v) is 6.39. The molecule has 0 radical (unpaired) electrons. The smallest absolute Gasteiger partial charge is 0.0588 e. The van der Waals surface area contributed by atoms with Crippen LogP contribution in [0.1, 0.15) is 24.3 Å². The molecule has 0 bridgehead atoms. The van der Waals surface area contributed by atoms with Crippen LogP contribution in [0.15, 0.2) is 15.9 Å². The van der Waals surface area contributed by atoms with Gasteiger partial charge >= 0.3 is 0 Å². The fourth-order valence-corrected chi connectivity index (χ4v) is 3.27. The molecule has 0 saturated carbocycles. The second-order valence-corrected chi connectivity index (χ2v) is 5.51. The Balaban J connectivity index is 2.88. The molecule has 0 saturated heterocycles. The lowest BCUT2D eigenvalue weighted by Crippen LogP contribution is -2.36. The summed E-state index contributed by atoms with van der Waals surface area (Å²) < 4.78 is 1.15. The van der Waals surface area contributed by atoms with Crippen molar-refractivity contribution in [3.05, 3.63) is 20.8 Å². The Morgan fingerprint density at radius 1 is 1.57 bits per heavy atom. The highest BCUT2D eigenvalue weighted by atomic mass is 79.9. The molecule has 4 heteroatoms. The monoisotopic (exact) mass is 276 g/mol. The summed E-state index contributed by atoms with van der Waals surface area (Å²) in [5, 5.41) is 2.11. The van der Waals surface area contributed by atoms with Crippen molar-refractivity contribution in [2.45, 2.75) is 25.4 Å². The molecule has 2 atom stereocenters. The van der Waals surface area contributed by atoms with Crippen molar-refractivity contribution in [1.82, 2.24) is 4.90 Å². The summed E-state index contributed by atoms with van der Waals surface area (Å²) >= 11 is 5.23. The first-order valence-electron chi connectivity index (χ1n) is 4.72. The van der Waals surface area contributed by atoms with Crippen LogP contribution >= 0.6 is 27.3 Å². The SMILES string of the molecule is CCC(N)C(c1cc(Br)cs1)N(C)C. The van der Waals surface area contributed by atoms with E-state index in [0.717, 1.165) is 10.9 Å². The third kappa shape index (κ3) is 2.79. The number of nitrogens with two attached hydrogens (primary N) is 1. The van der Waals surface area contributed by atoms with Gasteiger partial charge in [-0.1, -0.05) is 6.92 Å². The number of hydrogen-bond acceptors (Lipinski definition) is 3. The number of nitrogens with zero attached hydrogens (tertiary/aromatic N) is 1. The molecule has 14 heavy (non-hydrogen) atoms. The van der Waals surface area contributed by atoms with Crippen LogP contribution in [0.4, 0.5) is 0 Å². The van der Waals surface area contributed by atoms with Gasteiger partial charge in [-0.25, -0.2) is 0 Å². The van der Waals surface area contributed by atoms with Crippen LogP contribution < -0.4 is 5.73 Å². The fraction of sp³-hybridized carbons (Fsp3) is 0.600. The summed E-state index contributed by atoms with van der Waals surface area (Å²) in [6.07, 6.45) is 0.998. The molecule has 0 aliphatic heterocycles. The number of likely N-dealkylation sites (N-methyl/N-ethyl adjacent to an activating group) is 1. The zero-order chi connectivity index (χ0) is 10.7. The molecule has 2 nitrogen and oxygen atoms in total. The molecule has 0 aliphatic rings. The van der Waals surface area contributed by atoms with Gasteiger partial charge in [0.1, 0.15) is 0 Å². The molecule has 0 aromatic carbocycles. The Morgan fingerprint density at radius 2 is 2.21 bits per heavy atom. The predicted molar refractivity (Wildman–Crippen MR) is 66.7 cm³/mol. The van der Waals surface area contributed by atoms with Crippen molar-refractivity contribution < 1.29 is 0 Å².